The molecule has 0 radical (unpaired) electrons. The smallest absolute Gasteiger partial charge is 0.266 e. The lowest BCUT2D eigenvalue weighted by molar-refractivity contribution is 0.393. The molecule has 2 aromatic carbocycles. The zero-order valence-electron chi connectivity index (χ0n) is 16.1. The SMILES string of the molecule is COc1cc(Cl)c(C)cc1-n1c(SCc2cc(C)on2)nc2ccccc2c1=O. The van der Waals surface area contributed by atoms with Crippen molar-refractivity contribution in [2.45, 2.75) is 24.8 Å². The summed E-state index contributed by atoms with van der Waals surface area (Å²) in [6.45, 7) is 3.72. The third kappa shape index (κ3) is 3.75. The second kappa shape index (κ2) is 7.93. The van der Waals surface area contributed by atoms with Gasteiger partial charge in [-0.3, -0.25) is 9.36 Å². The Balaban J connectivity index is 1.92. The van der Waals surface area contributed by atoms with Crippen LogP contribution in [-0.4, -0.2) is 21.8 Å². The van der Waals surface area contributed by atoms with E-state index >= 15 is 0 Å². The Labute approximate surface area is 176 Å². The second-order valence-electron chi connectivity index (χ2n) is 6.54. The van der Waals surface area contributed by atoms with Gasteiger partial charge >= 0.3 is 0 Å². The molecule has 0 aliphatic rings. The molecule has 8 heteroatoms. The van der Waals surface area contributed by atoms with Crippen molar-refractivity contribution in [2.75, 3.05) is 7.11 Å². The van der Waals surface area contributed by atoms with Gasteiger partial charge in [-0.15, -0.1) is 0 Å². The minimum absolute atomic E-state index is 0.172. The van der Waals surface area contributed by atoms with Crippen molar-refractivity contribution in [3.05, 3.63) is 74.9 Å². The van der Waals surface area contributed by atoms with Crippen LogP contribution < -0.4 is 10.3 Å². The number of halogens is 1. The normalized spacial score (nSPS) is 11.2. The van der Waals surface area contributed by atoms with Crippen molar-refractivity contribution in [1.29, 1.82) is 0 Å². The summed E-state index contributed by atoms with van der Waals surface area (Å²) in [5, 5.41) is 5.66. The number of hydrogen-bond donors (Lipinski definition) is 0. The molecule has 0 saturated carbocycles. The van der Waals surface area contributed by atoms with Gasteiger partial charge in [0.15, 0.2) is 5.16 Å². The largest absolute Gasteiger partial charge is 0.495 e. The number of benzene rings is 2. The molecule has 0 spiro atoms. The molecule has 0 N–H and O–H groups in total. The van der Waals surface area contributed by atoms with Crippen molar-refractivity contribution in [3.63, 3.8) is 0 Å². The predicted octanol–water partition coefficient (Wildman–Crippen LogP) is 4.94. The first-order chi connectivity index (χ1) is 14.0. The number of rotatable bonds is 5. The van der Waals surface area contributed by atoms with E-state index in [-0.39, 0.29) is 5.56 Å². The standard InChI is InChI=1S/C21H18ClN3O3S/c1-12-8-18(19(27-3)10-16(12)22)25-20(26)15-6-4-5-7-17(15)23-21(25)29-11-14-9-13(2)28-24-14/h4-10H,11H2,1-3H3. The average molecular weight is 428 g/mol. The lowest BCUT2D eigenvalue weighted by atomic mass is 10.2. The quantitative estimate of drug-likeness (QED) is 0.331. The summed E-state index contributed by atoms with van der Waals surface area (Å²) >= 11 is 7.67. The summed E-state index contributed by atoms with van der Waals surface area (Å²) in [5.41, 5.74) is 2.68. The zero-order valence-corrected chi connectivity index (χ0v) is 17.7. The summed E-state index contributed by atoms with van der Waals surface area (Å²) in [6.07, 6.45) is 0. The van der Waals surface area contributed by atoms with Crippen LogP contribution in [0.15, 0.2) is 56.9 Å². The summed E-state index contributed by atoms with van der Waals surface area (Å²) < 4.78 is 12.2. The zero-order chi connectivity index (χ0) is 20.5. The van der Waals surface area contributed by atoms with E-state index < -0.39 is 0 Å². The Hall–Kier alpha value is -2.77. The van der Waals surface area contributed by atoms with Crippen LogP contribution in [0.25, 0.3) is 16.6 Å². The topological polar surface area (TPSA) is 70.2 Å². The Morgan fingerprint density at radius 3 is 2.72 bits per heavy atom. The van der Waals surface area contributed by atoms with E-state index in [1.807, 2.05) is 44.2 Å². The number of para-hydroxylation sites is 1. The summed E-state index contributed by atoms with van der Waals surface area (Å²) in [5.74, 6) is 1.75. The van der Waals surface area contributed by atoms with Gasteiger partial charge < -0.3 is 9.26 Å². The van der Waals surface area contributed by atoms with E-state index in [0.29, 0.717) is 38.3 Å². The number of hydrogen-bond acceptors (Lipinski definition) is 6. The van der Waals surface area contributed by atoms with Crippen LogP contribution in [0.2, 0.25) is 5.02 Å². The Kier molecular flexibility index (Phi) is 5.34. The highest BCUT2D eigenvalue weighted by atomic mass is 35.5. The third-order valence-electron chi connectivity index (χ3n) is 4.47. The van der Waals surface area contributed by atoms with Crippen LogP contribution in [0.4, 0.5) is 0 Å². The fourth-order valence-electron chi connectivity index (χ4n) is 3.03. The summed E-state index contributed by atoms with van der Waals surface area (Å²) in [7, 11) is 1.55. The van der Waals surface area contributed by atoms with Crippen LogP contribution >= 0.6 is 23.4 Å². The predicted molar refractivity (Wildman–Crippen MR) is 114 cm³/mol. The molecule has 29 heavy (non-hydrogen) atoms. The molecule has 0 unspecified atom stereocenters. The molecule has 0 fully saturated rings. The highest BCUT2D eigenvalue weighted by molar-refractivity contribution is 7.98. The maximum Gasteiger partial charge on any atom is 0.266 e. The lowest BCUT2D eigenvalue weighted by Gasteiger charge is -2.17. The van der Waals surface area contributed by atoms with E-state index in [9.17, 15) is 4.79 Å². The van der Waals surface area contributed by atoms with Crippen LogP contribution in [0.5, 0.6) is 5.75 Å². The number of thioether (sulfide) groups is 1. The minimum atomic E-state index is -0.172. The second-order valence-corrected chi connectivity index (χ2v) is 7.89. The van der Waals surface area contributed by atoms with Gasteiger partial charge in [-0.25, -0.2) is 4.98 Å². The van der Waals surface area contributed by atoms with Gasteiger partial charge in [0.05, 0.1) is 29.4 Å². The van der Waals surface area contributed by atoms with Crippen LogP contribution in [0.3, 0.4) is 0 Å². The van der Waals surface area contributed by atoms with E-state index in [1.54, 1.807) is 23.8 Å². The molecule has 0 saturated heterocycles. The molecule has 148 valence electrons. The molecule has 6 nitrogen and oxygen atoms in total. The molecule has 2 heterocycles. The number of nitrogens with zero attached hydrogens (tertiary/aromatic N) is 3. The van der Waals surface area contributed by atoms with E-state index in [1.165, 1.54) is 11.8 Å². The number of aromatic nitrogens is 3. The molecule has 0 aliphatic carbocycles. The lowest BCUT2D eigenvalue weighted by Crippen LogP contribution is -2.22. The third-order valence-corrected chi connectivity index (χ3v) is 5.85. The fraction of sp³-hybridized carbons (Fsp3) is 0.190. The molecule has 2 aromatic heterocycles. The number of methoxy groups -OCH3 is 1. The molecule has 4 rings (SSSR count). The monoisotopic (exact) mass is 427 g/mol. The first-order valence-electron chi connectivity index (χ1n) is 8.89. The molecule has 0 bridgehead atoms. The van der Waals surface area contributed by atoms with Gasteiger partial charge in [0, 0.05) is 22.9 Å². The van der Waals surface area contributed by atoms with E-state index in [0.717, 1.165) is 17.0 Å². The van der Waals surface area contributed by atoms with Crippen molar-refractivity contribution < 1.29 is 9.26 Å². The van der Waals surface area contributed by atoms with Crippen molar-refractivity contribution in [3.8, 4) is 11.4 Å². The first-order valence-corrected chi connectivity index (χ1v) is 10.3. The molecule has 0 aliphatic heterocycles. The molecular formula is C21H18ClN3O3S. The van der Waals surface area contributed by atoms with Gasteiger partial charge in [-0.05, 0) is 37.6 Å². The summed E-state index contributed by atoms with van der Waals surface area (Å²) in [6, 6.07) is 12.7. The van der Waals surface area contributed by atoms with Crippen LogP contribution in [-0.2, 0) is 5.75 Å². The van der Waals surface area contributed by atoms with Crippen LogP contribution in [0.1, 0.15) is 17.0 Å². The Bertz CT molecular complexity index is 1270. The Morgan fingerprint density at radius 2 is 2.00 bits per heavy atom. The van der Waals surface area contributed by atoms with Gasteiger partial charge in [0.1, 0.15) is 11.5 Å². The van der Waals surface area contributed by atoms with Gasteiger partial charge in [0.25, 0.3) is 5.56 Å². The number of fused-ring (bicyclic) bond motifs is 1. The molecule has 0 amide bonds. The molecule has 0 atom stereocenters. The number of ether oxygens (including phenoxy) is 1. The average Bonchev–Trinajstić information content (AvgIpc) is 3.13. The van der Waals surface area contributed by atoms with Gasteiger partial charge in [-0.1, -0.05) is 40.7 Å². The van der Waals surface area contributed by atoms with Gasteiger partial charge in [-0.2, -0.15) is 0 Å². The van der Waals surface area contributed by atoms with Crippen molar-refractivity contribution in [2.24, 2.45) is 0 Å². The van der Waals surface area contributed by atoms with Crippen molar-refractivity contribution in [1.82, 2.24) is 14.7 Å². The molecular weight excluding hydrogens is 410 g/mol. The highest BCUT2D eigenvalue weighted by Gasteiger charge is 2.18. The first kappa shape index (κ1) is 19.5. The van der Waals surface area contributed by atoms with Crippen molar-refractivity contribution >= 4 is 34.3 Å². The van der Waals surface area contributed by atoms with E-state index in [2.05, 4.69) is 5.16 Å². The minimum Gasteiger partial charge on any atom is -0.495 e. The summed E-state index contributed by atoms with van der Waals surface area (Å²) in [4.78, 5) is 18.2. The fourth-order valence-corrected chi connectivity index (χ4v) is 4.07. The van der Waals surface area contributed by atoms with Gasteiger partial charge in [0.2, 0.25) is 0 Å². The van der Waals surface area contributed by atoms with Crippen LogP contribution in [0, 0.1) is 13.8 Å². The number of aryl methyl sites for hydroxylation is 2. The maximum absolute atomic E-state index is 13.4. The molecule has 4 aromatic rings. The maximum atomic E-state index is 13.4. The van der Waals surface area contributed by atoms with E-state index in [4.69, 9.17) is 25.8 Å². The highest BCUT2D eigenvalue weighted by Crippen LogP contribution is 2.32. The Morgan fingerprint density at radius 1 is 1.21 bits per heavy atom.